The fourth-order valence-corrected chi connectivity index (χ4v) is 5.01. The van der Waals surface area contributed by atoms with Crippen molar-refractivity contribution in [2.75, 3.05) is 7.11 Å². The van der Waals surface area contributed by atoms with Crippen molar-refractivity contribution in [3.63, 3.8) is 0 Å². The molecule has 3 aromatic rings. The molecule has 0 spiro atoms. The van der Waals surface area contributed by atoms with Gasteiger partial charge in [-0.25, -0.2) is 4.68 Å². The highest BCUT2D eigenvalue weighted by atomic mass is 32.1. The summed E-state index contributed by atoms with van der Waals surface area (Å²) >= 11 is 1.60. The van der Waals surface area contributed by atoms with Gasteiger partial charge in [0.15, 0.2) is 11.5 Å². The zero-order chi connectivity index (χ0) is 23.0. The predicted molar refractivity (Wildman–Crippen MR) is 136 cm³/mol. The second-order valence-electron chi connectivity index (χ2n) is 8.35. The van der Waals surface area contributed by atoms with Crippen LogP contribution in [0.15, 0.2) is 53.5 Å². The number of nitrogens with zero attached hydrogens (tertiary/aromatic N) is 3. The number of phenolic OH excluding ortho intramolecular Hbond substituents is 1. The molecule has 4 rings (SSSR count). The zero-order valence-electron chi connectivity index (χ0n) is 19.3. The van der Waals surface area contributed by atoms with Crippen LogP contribution in [0.3, 0.4) is 0 Å². The van der Waals surface area contributed by atoms with Crippen molar-refractivity contribution >= 4 is 29.6 Å². The third-order valence-corrected chi connectivity index (χ3v) is 6.81. The highest BCUT2D eigenvalue weighted by molar-refractivity contribution is 7.09. The Balaban J connectivity index is 1.52. The molecule has 2 aromatic carbocycles. The molecule has 1 N–H and O–H groups in total. The van der Waals surface area contributed by atoms with E-state index in [1.807, 2.05) is 48.1 Å². The van der Waals surface area contributed by atoms with Crippen molar-refractivity contribution in [2.45, 2.75) is 44.6 Å². The van der Waals surface area contributed by atoms with Crippen LogP contribution in [0.25, 0.3) is 18.2 Å². The molecule has 1 fully saturated rings. The minimum Gasteiger partial charge on any atom is -0.504 e. The molecule has 0 radical (unpaired) electrons. The molecule has 1 aliphatic rings. The lowest BCUT2D eigenvalue weighted by Crippen LogP contribution is -2.18. The third kappa shape index (κ3) is 6.23. The van der Waals surface area contributed by atoms with Crippen molar-refractivity contribution in [1.82, 2.24) is 9.78 Å². The summed E-state index contributed by atoms with van der Waals surface area (Å²) < 4.78 is 7.32. The molecule has 5 nitrogen and oxygen atoms in total. The summed E-state index contributed by atoms with van der Waals surface area (Å²) in [6.45, 7) is 0. The molecule has 0 saturated heterocycles. The van der Waals surface area contributed by atoms with Gasteiger partial charge in [0.2, 0.25) is 4.80 Å². The van der Waals surface area contributed by atoms with E-state index in [0.29, 0.717) is 18.2 Å². The maximum absolute atomic E-state index is 10.5. The number of rotatable bonds is 7. The summed E-state index contributed by atoms with van der Waals surface area (Å²) in [5.41, 5.74) is 2.98. The number of hydrogen-bond donors (Lipinski definition) is 1. The SMILES string of the molecule is COc1c(O)cc(/C=C/c2nn(C)c(=NC3CCCCC3)s2)cc1C/C=C/c1ccccc1. The highest BCUT2D eigenvalue weighted by Crippen LogP contribution is 2.33. The van der Waals surface area contributed by atoms with E-state index in [2.05, 4.69) is 29.4 Å². The van der Waals surface area contributed by atoms with Crippen molar-refractivity contribution < 1.29 is 9.84 Å². The van der Waals surface area contributed by atoms with Crippen LogP contribution >= 0.6 is 11.3 Å². The zero-order valence-corrected chi connectivity index (χ0v) is 20.1. The van der Waals surface area contributed by atoms with Crippen LogP contribution in [0.2, 0.25) is 0 Å². The molecule has 0 bridgehead atoms. The summed E-state index contributed by atoms with van der Waals surface area (Å²) in [5.74, 6) is 0.652. The molecule has 0 atom stereocenters. The van der Waals surface area contributed by atoms with Gasteiger partial charge < -0.3 is 9.84 Å². The number of aromatic hydroxyl groups is 1. The van der Waals surface area contributed by atoms with Gasteiger partial charge in [-0.3, -0.25) is 4.99 Å². The van der Waals surface area contributed by atoms with Crippen LogP contribution < -0.4 is 9.54 Å². The molecule has 6 heteroatoms. The van der Waals surface area contributed by atoms with Gasteiger partial charge in [0.25, 0.3) is 0 Å². The van der Waals surface area contributed by atoms with Crippen molar-refractivity contribution in [3.05, 3.63) is 75.0 Å². The van der Waals surface area contributed by atoms with E-state index < -0.39 is 0 Å². The van der Waals surface area contributed by atoms with Gasteiger partial charge in [-0.1, -0.05) is 79.2 Å². The standard InChI is InChI=1S/C27H31N3O2S/c1-30-27(28-23-14-7-4-8-15-23)33-25(29-30)17-16-21-18-22(26(32-2)24(31)19-21)13-9-12-20-10-5-3-6-11-20/h3,5-6,9-12,16-19,23,31H,4,7-8,13-15H2,1-2H3/b12-9+,17-16+,28-27?. The number of phenols is 1. The molecule has 1 aliphatic carbocycles. The van der Waals surface area contributed by atoms with Gasteiger partial charge in [-0.15, -0.1) is 0 Å². The van der Waals surface area contributed by atoms with E-state index in [-0.39, 0.29) is 5.75 Å². The molecule has 172 valence electrons. The molecule has 1 heterocycles. The lowest BCUT2D eigenvalue weighted by atomic mass is 9.96. The fourth-order valence-electron chi connectivity index (χ4n) is 4.15. The van der Waals surface area contributed by atoms with Crippen LogP contribution in [0.5, 0.6) is 11.5 Å². The normalized spacial score (nSPS) is 15.6. The van der Waals surface area contributed by atoms with Crippen LogP contribution in [-0.4, -0.2) is 28.0 Å². The Hall–Kier alpha value is -3.12. The van der Waals surface area contributed by atoms with Gasteiger partial charge in [0.05, 0.1) is 13.2 Å². The summed E-state index contributed by atoms with van der Waals surface area (Å²) in [7, 11) is 3.54. The Morgan fingerprint density at radius 1 is 1.09 bits per heavy atom. The molecule has 0 amide bonds. The van der Waals surface area contributed by atoms with E-state index in [1.165, 1.54) is 32.1 Å². The largest absolute Gasteiger partial charge is 0.504 e. The Bertz CT molecular complexity index is 1190. The fraction of sp³-hybridized carbons (Fsp3) is 0.333. The average Bonchev–Trinajstić information content (AvgIpc) is 3.18. The average molecular weight is 462 g/mol. The number of benzene rings is 2. The van der Waals surface area contributed by atoms with Crippen LogP contribution in [-0.2, 0) is 13.5 Å². The first-order chi connectivity index (χ1) is 16.1. The number of aryl methyl sites for hydroxylation is 1. The molecule has 1 saturated carbocycles. The predicted octanol–water partition coefficient (Wildman–Crippen LogP) is 5.86. The quantitative estimate of drug-likeness (QED) is 0.480. The number of methoxy groups -OCH3 is 1. The van der Waals surface area contributed by atoms with E-state index >= 15 is 0 Å². The van der Waals surface area contributed by atoms with E-state index in [0.717, 1.165) is 26.5 Å². The topological polar surface area (TPSA) is 59.6 Å². The minimum atomic E-state index is 0.139. The lowest BCUT2D eigenvalue weighted by Gasteiger charge is -2.16. The molecular formula is C27H31N3O2S. The third-order valence-electron chi connectivity index (χ3n) is 5.83. The number of hydrogen-bond acceptors (Lipinski definition) is 5. The maximum atomic E-state index is 10.5. The first-order valence-electron chi connectivity index (χ1n) is 11.5. The van der Waals surface area contributed by atoms with Crippen molar-refractivity contribution in [3.8, 4) is 11.5 Å². The Kier molecular flexibility index (Phi) is 7.79. The maximum Gasteiger partial charge on any atom is 0.203 e. The highest BCUT2D eigenvalue weighted by Gasteiger charge is 2.13. The second kappa shape index (κ2) is 11.1. The molecule has 1 aromatic heterocycles. The van der Waals surface area contributed by atoms with E-state index in [4.69, 9.17) is 9.73 Å². The molecule has 0 unspecified atom stereocenters. The monoisotopic (exact) mass is 461 g/mol. The lowest BCUT2D eigenvalue weighted by molar-refractivity contribution is 0.370. The van der Waals surface area contributed by atoms with E-state index in [1.54, 1.807) is 24.5 Å². The van der Waals surface area contributed by atoms with Crippen molar-refractivity contribution in [2.24, 2.45) is 12.0 Å². The van der Waals surface area contributed by atoms with E-state index in [9.17, 15) is 5.11 Å². The Morgan fingerprint density at radius 3 is 2.64 bits per heavy atom. The minimum absolute atomic E-state index is 0.139. The Morgan fingerprint density at radius 2 is 1.88 bits per heavy atom. The Labute approximate surface area is 199 Å². The van der Waals surface area contributed by atoms with Gasteiger partial charge in [-0.2, -0.15) is 5.10 Å². The summed E-state index contributed by atoms with van der Waals surface area (Å²) in [4.78, 5) is 5.89. The van der Waals surface area contributed by atoms with Crippen molar-refractivity contribution in [1.29, 1.82) is 0 Å². The van der Waals surface area contributed by atoms with Crippen LogP contribution in [0.4, 0.5) is 0 Å². The van der Waals surface area contributed by atoms with Gasteiger partial charge in [-0.05, 0) is 48.6 Å². The van der Waals surface area contributed by atoms with Gasteiger partial charge in [0, 0.05) is 12.6 Å². The van der Waals surface area contributed by atoms with Crippen LogP contribution in [0.1, 0.15) is 53.8 Å². The first-order valence-corrected chi connectivity index (χ1v) is 12.3. The summed E-state index contributed by atoms with van der Waals surface area (Å²) in [5, 5.41) is 16.0. The summed E-state index contributed by atoms with van der Waals surface area (Å²) in [6, 6.07) is 14.4. The molecule has 33 heavy (non-hydrogen) atoms. The first kappa shape index (κ1) is 23.1. The van der Waals surface area contributed by atoms with Gasteiger partial charge >= 0.3 is 0 Å². The second-order valence-corrected chi connectivity index (χ2v) is 9.34. The number of allylic oxidation sites excluding steroid dienone is 1. The molecule has 0 aliphatic heterocycles. The summed E-state index contributed by atoms with van der Waals surface area (Å²) in [6.07, 6.45) is 15.0. The number of ether oxygens (including phenoxy) is 1. The number of aromatic nitrogens is 2. The van der Waals surface area contributed by atoms with Gasteiger partial charge in [0.1, 0.15) is 5.01 Å². The van der Waals surface area contributed by atoms with Crippen LogP contribution in [0, 0.1) is 0 Å². The molecular weight excluding hydrogens is 430 g/mol. The smallest absolute Gasteiger partial charge is 0.203 e.